The third kappa shape index (κ3) is 5.79. The fourth-order valence-corrected chi connectivity index (χ4v) is 2.79. The van der Waals surface area contributed by atoms with Gasteiger partial charge in [0.2, 0.25) is 5.91 Å². The van der Waals surface area contributed by atoms with E-state index < -0.39 is 5.91 Å². The van der Waals surface area contributed by atoms with Crippen LogP contribution in [0.15, 0.2) is 48.5 Å². The minimum absolute atomic E-state index is 0.243. The number of nitrogens with one attached hydrogen (secondary N) is 2. The molecule has 0 bridgehead atoms. The maximum Gasteiger partial charge on any atom is 0.318 e. The number of aromatic nitrogens is 2. The number of ether oxygens (including phenoxy) is 2. The lowest BCUT2D eigenvalue weighted by molar-refractivity contribution is -0.129. The van der Waals surface area contributed by atoms with Crippen LogP contribution in [0, 0.1) is 0 Å². The van der Waals surface area contributed by atoms with Crippen molar-refractivity contribution in [2.24, 2.45) is 0 Å². The third-order valence-corrected chi connectivity index (χ3v) is 4.36. The summed E-state index contributed by atoms with van der Waals surface area (Å²) in [6, 6.07) is 15.8. The number of hydroxylamine groups is 1. The van der Waals surface area contributed by atoms with Crippen LogP contribution in [0.4, 0.5) is 5.82 Å². The number of methoxy groups -OCH3 is 1. The van der Waals surface area contributed by atoms with E-state index in [0.717, 1.165) is 22.2 Å². The van der Waals surface area contributed by atoms with Gasteiger partial charge in [0.1, 0.15) is 11.6 Å². The van der Waals surface area contributed by atoms with E-state index in [9.17, 15) is 4.79 Å². The van der Waals surface area contributed by atoms with Crippen molar-refractivity contribution in [1.82, 2.24) is 15.4 Å². The highest BCUT2D eigenvalue weighted by molar-refractivity contribution is 5.89. The van der Waals surface area contributed by atoms with Gasteiger partial charge in [-0.05, 0) is 42.7 Å². The van der Waals surface area contributed by atoms with Gasteiger partial charge in [-0.2, -0.15) is 9.97 Å². The number of carbonyl (C=O) groups excluding carboxylic acids is 1. The minimum Gasteiger partial charge on any atom is -0.497 e. The van der Waals surface area contributed by atoms with Crippen LogP contribution in [0.25, 0.3) is 10.9 Å². The number of para-hydroxylation sites is 1. The second-order valence-electron chi connectivity index (χ2n) is 6.41. The van der Waals surface area contributed by atoms with Gasteiger partial charge in [0.05, 0.1) is 19.2 Å². The molecular weight excluding hydrogens is 372 g/mol. The van der Waals surface area contributed by atoms with Crippen LogP contribution < -0.4 is 20.3 Å². The standard InChI is InChI=1S/C21H24N4O4/c1-28-16-11-9-15(10-12-16)14-22-20-17-6-2-3-7-18(17)23-21(24-20)29-13-5-4-8-19(26)25-27/h2-3,6-7,9-12,27H,4-5,8,13-14H2,1H3,(H,25,26)(H,22,23,24). The Balaban J connectivity index is 1.66. The maximum atomic E-state index is 11.0. The Morgan fingerprint density at radius 3 is 2.62 bits per heavy atom. The number of nitrogens with zero attached hydrogens (tertiary/aromatic N) is 2. The normalized spacial score (nSPS) is 10.6. The van der Waals surface area contributed by atoms with E-state index in [1.807, 2.05) is 48.5 Å². The van der Waals surface area contributed by atoms with Gasteiger partial charge in [0, 0.05) is 18.4 Å². The van der Waals surface area contributed by atoms with Gasteiger partial charge in [-0.1, -0.05) is 24.3 Å². The summed E-state index contributed by atoms with van der Waals surface area (Å²) in [6.45, 7) is 0.982. The molecule has 0 aliphatic heterocycles. The summed E-state index contributed by atoms with van der Waals surface area (Å²) in [4.78, 5) is 20.0. The van der Waals surface area contributed by atoms with Crippen LogP contribution in [-0.2, 0) is 11.3 Å². The molecule has 3 N–H and O–H groups in total. The molecule has 152 valence electrons. The molecule has 0 spiro atoms. The van der Waals surface area contributed by atoms with Crippen LogP contribution >= 0.6 is 0 Å². The van der Waals surface area contributed by atoms with Crippen molar-refractivity contribution in [2.45, 2.75) is 25.8 Å². The van der Waals surface area contributed by atoms with Crippen LogP contribution in [0.2, 0.25) is 0 Å². The summed E-state index contributed by atoms with van der Waals surface area (Å²) >= 11 is 0. The number of anilines is 1. The highest BCUT2D eigenvalue weighted by Gasteiger charge is 2.09. The van der Waals surface area contributed by atoms with Crippen LogP contribution in [-0.4, -0.2) is 34.8 Å². The quantitative estimate of drug-likeness (QED) is 0.274. The first-order valence-corrected chi connectivity index (χ1v) is 9.39. The van der Waals surface area contributed by atoms with E-state index in [-0.39, 0.29) is 12.4 Å². The highest BCUT2D eigenvalue weighted by atomic mass is 16.5. The number of hydrogen-bond donors (Lipinski definition) is 3. The Morgan fingerprint density at radius 2 is 1.86 bits per heavy atom. The van der Waals surface area contributed by atoms with E-state index >= 15 is 0 Å². The predicted octanol–water partition coefficient (Wildman–Crippen LogP) is 3.31. The van der Waals surface area contributed by atoms with Gasteiger partial charge in [-0.25, -0.2) is 5.48 Å². The van der Waals surface area contributed by atoms with Crippen LogP contribution in [0.3, 0.4) is 0 Å². The molecule has 3 aromatic rings. The van der Waals surface area contributed by atoms with E-state index in [2.05, 4.69) is 15.3 Å². The number of rotatable bonds is 10. The molecule has 0 atom stereocenters. The molecule has 2 aromatic carbocycles. The van der Waals surface area contributed by atoms with Crippen molar-refractivity contribution >= 4 is 22.6 Å². The molecule has 8 heteroatoms. The largest absolute Gasteiger partial charge is 0.497 e. The Morgan fingerprint density at radius 1 is 1.07 bits per heavy atom. The van der Waals surface area contributed by atoms with Gasteiger partial charge < -0.3 is 14.8 Å². The summed E-state index contributed by atoms with van der Waals surface area (Å²) in [5.74, 6) is 1.10. The van der Waals surface area contributed by atoms with Crippen molar-refractivity contribution in [3.8, 4) is 11.8 Å². The minimum atomic E-state index is -0.406. The molecule has 8 nitrogen and oxygen atoms in total. The second kappa shape index (κ2) is 10.2. The number of amides is 1. The molecule has 0 unspecified atom stereocenters. The molecule has 1 heterocycles. The van der Waals surface area contributed by atoms with E-state index in [0.29, 0.717) is 31.8 Å². The molecule has 1 amide bonds. The number of benzene rings is 2. The van der Waals surface area contributed by atoms with Gasteiger partial charge in [0.25, 0.3) is 0 Å². The Kier molecular flexibility index (Phi) is 7.18. The van der Waals surface area contributed by atoms with Crippen LogP contribution in [0.5, 0.6) is 11.8 Å². The summed E-state index contributed by atoms with van der Waals surface area (Å²) in [6.07, 6.45) is 1.49. The van der Waals surface area contributed by atoms with Crippen molar-refractivity contribution in [1.29, 1.82) is 0 Å². The first-order valence-electron chi connectivity index (χ1n) is 9.39. The molecule has 0 aliphatic carbocycles. The first-order chi connectivity index (χ1) is 14.2. The molecule has 0 radical (unpaired) electrons. The lowest BCUT2D eigenvalue weighted by Crippen LogP contribution is -2.18. The lowest BCUT2D eigenvalue weighted by atomic mass is 10.2. The van der Waals surface area contributed by atoms with E-state index in [1.165, 1.54) is 0 Å². The zero-order valence-corrected chi connectivity index (χ0v) is 16.2. The van der Waals surface area contributed by atoms with Gasteiger partial charge >= 0.3 is 6.01 Å². The molecule has 29 heavy (non-hydrogen) atoms. The summed E-state index contributed by atoms with van der Waals surface area (Å²) in [7, 11) is 1.64. The van der Waals surface area contributed by atoms with E-state index in [1.54, 1.807) is 12.6 Å². The molecule has 0 aliphatic rings. The summed E-state index contributed by atoms with van der Waals surface area (Å²) < 4.78 is 10.9. The monoisotopic (exact) mass is 396 g/mol. The molecule has 0 saturated carbocycles. The smallest absolute Gasteiger partial charge is 0.318 e. The average molecular weight is 396 g/mol. The second-order valence-corrected chi connectivity index (χ2v) is 6.41. The number of fused-ring (bicyclic) bond motifs is 1. The maximum absolute atomic E-state index is 11.0. The molecule has 3 rings (SSSR count). The average Bonchev–Trinajstić information content (AvgIpc) is 2.77. The number of carbonyl (C=O) groups is 1. The first kappa shape index (κ1) is 20.3. The fourth-order valence-electron chi connectivity index (χ4n) is 2.79. The molecular formula is C21H24N4O4. The summed E-state index contributed by atoms with van der Waals surface area (Å²) in [5.41, 5.74) is 3.50. The fraction of sp³-hybridized carbons (Fsp3) is 0.286. The predicted molar refractivity (Wildman–Crippen MR) is 109 cm³/mol. The Labute approximate surface area is 168 Å². The molecule has 0 saturated heterocycles. The van der Waals surface area contributed by atoms with Gasteiger partial charge in [0.15, 0.2) is 0 Å². The molecule has 1 aromatic heterocycles. The number of unbranched alkanes of at least 4 members (excludes halogenated alkanes) is 1. The van der Waals surface area contributed by atoms with Crippen molar-refractivity contribution in [3.05, 3.63) is 54.1 Å². The van der Waals surface area contributed by atoms with E-state index in [4.69, 9.17) is 14.7 Å². The number of hydrogen-bond acceptors (Lipinski definition) is 7. The van der Waals surface area contributed by atoms with Crippen LogP contribution in [0.1, 0.15) is 24.8 Å². The Hall–Kier alpha value is -3.39. The zero-order chi connectivity index (χ0) is 20.5. The van der Waals surface area contributed by atoms with Crippen molar-refractivity contribution < 1.29 is 19.5 Å². The molecule has 0 fully saturated rings. The summed E-state index contributed by atoms with van der Waals surface area (Å²) in [5, 5.41) is 12.8. The highest BCUT2D eigenvalue weighted by Crippen LogP contribution is 2.23. The lowest BCUT2D eigenvalue weighted by Gasteiger charge is -2.12. The Bertz CT molecular complexity index is 947. The third-order valence-electron chi connectivity index (χ3n) is 4.36. The van der Waals surface area contributed by atoms with Gasteiger partial charge in [-0.3, -0.25) is 10.0 Å². The van der Waals surface area contributed by atoms with Crippen molar-refractivity contribution in [3.63, 3.8) is 0 Å². The SMILES string of the molecule is COc1ccc(CNc2nc(OCCCCC(=O)NO)nc3ccccc23)cc1. The van der Waals surface area contributed by atoms with Crippen molar-refractivity contribution in [2.75, 3.05) is 19.0 Å². The zero-order valence-electron chi connectivity index (χ0n) is 16.2. The topological polar surface area (TPSA) is 106 Å². The van der Waals surface area contributed by atoms with Gasteiger partial charge in [-0.15, -0.1) is 0 Å².